The molecule has 0 aromatic heterocycles. The van der Waals surface area contributed by atoms with Crippen LogP contribution in [0.4, 0.5) is 18.9 Å². The fourth-order valence-corrected chi connectivity index (χ4v) is 2.98. The predicted octanol–water partition coefficient (Wildman–Crippen LogP) is 5.64. The van der Waals surface area contributed by atoms with Gasteiger partial charge in [-0.1, -0.05) is 50.1 Å². The third-order valence-electron chi connectivity index (χ3n) is 4.67. The van der Waals surface area contributed by atoms with Gasteiger partial charge in [-0.2, -0.15) is 13.2 Å². The minimum absolute atomic E-state index is 0.00497. The molecular weight excluding hydrogens is 393 g/mol. The van der Waals surface area contributed by atoms with Gasteiger partial charge in [0.2, 0.25) is 11.8 Å². The molecular formula is C23H27F3N2O2. The van der Waals surface area contributed by atoms with Crippen molar-refractivity contribution in [2.24, 2.45) is 0 Å². The molecule has 0 heterocycles. The first-order valence-corrected chi connectivity index (χ1v) is 10.1. The van der Waals surface area contributed by atoms with Gasteiger partial charge in [0.05, 0.1) is 5.56 Å². The van der Waals surface area contributed by atoms with Crippen LogP contribution in [0.3, 0.4) is 0 Å². The van der Waals surface area contributed by atoms with Gasteiger partial charge in [0.1, 0.15) is 0 Å². The molecule has 1 N–H and O–H groups in total. The second-order valence-electron chi connectivity index (χ2n) is 7.13. The van der Waals surface area contributed by atoms with Gasteiger partial charge in [0.15, 0.2) is 0 Å². The Balaban J connectivity index is 1.94. The van der Waals surface area contributed by atoms with E-state index in [0.717, 1.165) is 37.0 Å². The van der Waals surface area contributed by atoms with E-state index in [2.05, 4.69) is 12.2 Å². The summed E-state index contributed by atoms with van der Waals surface area (Å²) in [5, 5.41) is 2.59. The van der Waals surface area contributed by atoms with Gasteiger partial charge in [-0.25, -0.2) is 0 Å². The number of halogens is 3. The predicted molar refractivity (Wildman–Crippen MR) is 111 cm³/mol. The largest absolute Gasteiger partial charge is 0.416 e. The van der Waals surface area contributed by atoms with Crippen LogP contribution in [0.25, 0.3) is 0 Å². The molecule has 0 fully saturated rings. The maximum absolute atomic E-state index is 12.6. The maximum atomic E-state index is 12.6. The molecule has 0 spiro atoms. The minimum Gasteiger partial charge on any atom is -0.338 e. The molecule has 0 aliphatic carbocycles. The van der Waals surface area contributed by atoms with Crippen LogP contribution in [0, 0.1) is 0 Å². The highest BCUT2D eigenvalue weighted by Gasteiger charge is 2.30. The Bertz CT molecular complexity index is 805. The van der Waals surface area contributed by atoms with Crippen LogP contribution in [0.15, 0.2) is 54.6 Å². The summed E-state index contributed by atoms with van der Waals surface area (Å²) >= 11 is 0. The average molecular weight is 420 g/mol. The van der Waals surface area contributed by atoms with Crippen molar-refractivity contribution in [1.82, 2.24) is 4.90 Å². The lowest BCUT2D eigenvalue weighted by Crippen LogP contribution is -2.33. The van der Waals surface area contributed by atoms with E-state index in [0.29, 0.717) is 13.0 Å². The molecule has 0 unspecified atom stereocenters. The summed E-state index contributed by atoms with van der Waals surface area (Å²) in [6, 6.07) is 13.8. The summed E-state index contributed by atoms with van der Waals surface area (Å²) in [5.41, 5.74) is 0.494. The summed E-state index contributed by atoms with van der Waals surface area (Å²) in [4.78, 5) is 26.5. The molecule has 0 saturated heterocycles. The Hall–Kier alpha value is -2.83. The smallest absolute Gasteiger partial charge is 0.338 e. The van der Waals surface area contributed by atoms with Crippen LogP contribution in [0.2, 0.25) is 0 Å². The zero-order valence-corrected chi connectivity index (χ0v) is 17.0. The first-order valence-electron chi connectivity index (χ1n) is 10.1. The average Bonchev–Trinajstić information content (AvgIpc) is 2.71. The minimum atomic E-state index is -4.42. The zero-order valence-electron chi connectivity index (χ0n) is 17.0. The quantitative estimate of drug-likeness (QED) is 0.506. The van der Waals surface area contributed by atoms with Crippen molar-refractivity contribution in [3.63, 3.8) is 0 Å². The molecule has 0 bridgehead atoms. The number of nitrogens with one attached hydrogen (secondary N) is 1. The van der Waals surface area contributed by atoms with E-state index in [1.54, 1.807) is 4.90 Å². The van der Waals surface area contributed by atoms with E-state index in [4.69, 9.17) is 0 Å². The number of alkyl halides is 3. The van der Waals surface area contributed by atoms with E-state index in [1.165, 1.54) is 12.1 Å². The number of carbonyl (C=O) groups excluding carboxylic acids is 2. The van der Waals surface area contributed by atoms with Gasteiger partial charge < -0.3 is 10.2 Å². The molecule has 30 heavy (non-hydrogen) atoms. The summed E-state index contributed by atoms with van der Waals surface area (Å²) in [6.45, 7) is 2.73. The third-order valence-corrected chi connectivity index (χ3v) is 4.67. The van der Waals surface area contributed by atoms with Gasteiger partial charge in [0.25, 0.3) is 0 Å². The van der Waals surface area contributed by atoms with Crippen molar-refractivity contribution < 1.29 is 22.8 Å². The highest BCUT2D eigenvalue weighted by Crippen LogP contribution is 2.29. The molecule has 0 radical (unpaired) electrons. The lowest BCUT2D eigenvalue weighted by Gasteiger charge is -2.23. The Labute approximate surface area is 175 Å². The molecule has 2 rings (SSSR count). The first kappa shape index (κ1) is 23.4. The number of hydrogen-bond acceptors (Lipinski definition) is 2. The SMILES string of the molecule is CCCCCC(=O)N(CCC(=O)Nc1ccc(C(F)(F)F)cc1)Cc1ccccc1. The van der Waals surface area contributed by atoms with Crippen molar-refractivity contribution in [2.45, 2.75) is 51.7 Å². The first-order chi connectivity index (χ1) is 14.3. The number of amides is 2. The van der Waals surface area contributed by atoms with E-state index >= 15 is 0 Å². The molecule has 2 aromatic carbocycles. The Morgan fingerprint density at radius 2 is 1.60 bits per heavy atom. The van der Waals surface area contributed by atoms with E-state index < -0.39 is 11.7 Å². The second kappa shape index (κ2) is 11.4. The highest BCUT2D eigenvalue weighted by molar-refractivity contribution is 5.91. The summed E-state index contributed by atoms with van der Waals surface area (Å²) < 4.78 is 37.9. The van der Waals surface area contributed by atoms with E-state index in [9.17, 15) is 22.8 Å². The number of carbonyl (C=O) groups is 2. The molecule has 0 aliphatic rings. The molecule has 2 aromatic rings. The van der Waals surface area contributed by atoms with Crippen molar-refractivity contribution in [3.8, 4) is 0 Å². The molecule has 162 valence electrons. The highest BCUT2D eigenvalue weighted by atomic mass is 19.4. The van der Waals surface area contributed by atoms with Crippen LogP contribution in [0.5, 0.6) is 0 Å². The molecule has 7 heteroatoms. The number of nitrogens with zero attached hydrogens (tertiary/aromatic N) is 1. The lowest BCUT2D eigenvalue weighted by atomic mass is 10.1. The summed E-state index contributed by atoms with van der Waals surface area (Å²) in [6.07, 6.45) is -1.13. The summed E-state index contributed by atoms with van der Waals surface area (Å²) in [5.74, 6) is -0.358. The molecule has 0 aliphatic heterocycles. The number of unbranched alkanes of at least 4 members (excludes halogenated alkanes) is 2. The van der Waals surface area contributed by atoms with Gasteiger partial charge in [-0.15, -0.1) is 0 Å². The maximum Gasteiger partial charge on any atom is 0.416 e. The van der Waals surface area contributed by atoms with Crippen molar-refractivity contribution in [1.29, 1.82) is 0 Å². The van der Waals surface area contributed by atoms with Crippen LogP contribution < -0.4 is 5.32 Å². The lowest BCUT2D eigenvalue weighted by molar-refractivity contribution is -0.137. The van der Waals surface area contributed by atoms with Gasteiger partial charge in [-0.05, 0) is 36.2 Å². The van der Waals surface area contributed by atoms with Crippen molar-refractivity contribution >= 4 is 17.5 Å². The van der Waals surface area contributed by atoms with Crippen LogP contribution >= 0.6 is 0 Å². The van der Waals surface area contributed by atoms with Gasteiger partial charge in [0, 0.05) is 31.6 Å². The standard InChI is InChI=1S/C23H27F3N2O2/c1-2-3-5-10-22(30)28(17-18-8-6-4-7-9-18)16-15-21(29)27-20-13-11-19(12-14-20)23(24,25)26/h4,6-9,11-14H,2-3,5,10,15-17H2,1H3,(H,27,29). The molecule has 4 nitrogen and oxygen atoms in total. The zero-order chi connectivity index (χ0) is 22.0. The number of anilines is 1. The van der Waals surface area contributed by atoms with Crippen LogP contribution in [0.1, 0.15) is 50.2 Å². The third kappa shape index (κ3) is 7.89. The molecule has 2 amide bonds. The van der Waals surface area contributed by atoms with Gasteiger partial charge in [-0.3, -0.25) is 9.59 Å². The fraction of sp³-hybridized carbons (Fsp3) is 0.391. The van der Waals surface area contributed by atoms with Crippen molar-refractivity contribution in [2.75, 3.05) is 11.9 Å². The Morgan fingerprint density at radius 1 is 0.933 bits per heavy atom. The second-order valence-corrected chi connectivity index (χ2v) is 7.13. The number of benzene rings is 2. The van der Waals surface area contributed by atoms with Crippen LogP contribution in [-0.4, -0.2) is 23.3 Å². The number of rotatable bonds is 10. The van der Waals surface area contributed by atoms with E-state index in [-0.39, 0.29) is 30.5 Å². The topological polar surface area (TPSA) is 49.4 Å². The van der Waals surface area contributed by atoms with Gasteiger partial charge >= 0.3 is 6.18 Å². The summed E-state index contributed by atoms with van der Waals surface area (Å²) in [7, 11) is 0. The Kier molecular flexibility index (Phi) is 8.89. The Morgan fingerprint density at radius 3 is 2.20 bits per heavy atom. The normalized spacial score (nSPS) is 11.2. The van der Waals surface area contributed by atoms with Crippen molar-refractivity contribution in [3.05, 3.63) is 65.7 Å². The van der Waals surface area contributed by atoms with Crippen LogP contribution in [-0.2, 0) is 22.3 Å². The van der Waals surface area contributed by atoms with E-state index in [1.807, 2.05) is 30.3 Å². The fourth-order valence-electron chi connectivity index (χ4n) is 2.98. The monoisotopic (exact) mass is 420 g/mol. The number of hydrogen-bond donors (Lipinski definition) is 1. The molecule has 0 saturated carbocycles. The molecule has 0 atom stereocenters.